The lowest BCUT2D eigenvalue weighted by Gasteiger charge is -2.09. The Labute approximate surface area is 104 Å². The van der Waals surface area contributed by atoms with E-state index >= 15 is 0 Å². The third-order valence-corrected chi connectivity index (χ3v) is 2.53. The highest BCUT2D eigenvalue weighted by atomic mass is 16.4. The first-order valence-corrected chi connectivity index (χ1v) is 5.45. The molecule has 0 aliphatic heterocycles. The summed E-state index contributed by atoms with van der Waals surface area (Å²) in [6.07, 6.45) is 0.273. The molecular weight excluding hydrogens is 238 g/mol. The zero-order valence-electron chi connectivity index (χ0n) is 9.88. The zero-order valence-corrected chi connectivity index (χ0v) is 9.88. The Morgan fingerprint density at radius 2 is 1.83 bits per heavy atom. The van der Waals surface area contributed by atoms with Crippen LogP contribution in [0, 0.1) is 5.92 Å². The van der Waals surface area contributed by atoms with Gasteiger partial charge in [-0.3, -0.25) is 9.59 Å². The fourth-order valence-corrected chi connectivity index (χ4v) is 1.37. The van der Waals surface area contributed by atoms with Crippen LogP contribution in [0.1, 0.15) is 23.7 Å². The molecule has 0 aliphatic rings. The van der Waals surface area contributed by atoms with Crippen molar-refractivity contribution in [3.63, 3.8) is 0 Å². The van der Waals surface area contributed by atoms with Crippen molar-refractivity contribution in [2.45, 2.75) is 13.3 Å². The number of carbonyl (C=O) groups is 2. The number of nitrogens with one attached hydrogen (secondary N) is 1. The third kappa shape index (κ3) is 3.38. The monoisotopic (exact) mass is 253 g/mol. The van der Waals surface area contributed by atoms with Gasteiger partial charge in [0.1, 0.15) is 17.1 Å². The number of benzene rings is 1. The molecule has 4 N–H and O–H groups in total. The summed E-state index contributed by atoms with van der Waals surface area (Å²) >= 11 is 0. The van der Waals surface area contributed by atoms with Crippen molar-refractivity contribution in [2.75, 3.05) is 6.54 Å². The number of hydrogen-bond acceptors (Lipinski definition) is 4. The lowest BCUT2D eigenvalue weighted by molar-refractivity contribution is -0.141. The fourth-order valence-electron chi connectivity index (χ4n) is 1.37. The molecule has 0 saturated heterocycles. The second kappa shape index (κ2) is 5.90. The molecule has 0 radical (unpaired) electrons. The van der Waals surface area contributed by atoms with Crippen LogP contribution >= 0.6 is 0 Å². The maximum absolute atomic E-state index is 11.7. The summed E-state index contributed by atoms with van der Waals surface area (Å²) in [6, 6.07) is 3.98. The predicted octanol–water partition coefficient (Wildman–Crippen LogP) is 0.938. The molecule has 1 rings (SSSR count). The summed E-state index contributed by atoms with van der Waals surface area (Å²) < 4.78 is 0. The minimum Gasteiger partial charge on any atom is -0.507 e. The van der Waals surface area contributed by atoms with Crippen molar-refractivity contribution >= 4 is 11.9 Å². The first-order chi connectivity index (χ1) is 8.43. The van der Waals surface area contributed by atoms with Crippen LogP contribution in [0.5, 0.6) is 11.5 Å². The number of carbonyl (C=O) groups excluding carboxylic acids is 1. The second-order valence-electron chi connectivity index (χ2n) is 3.96. The highest BCUT2D eigenvalue weighted by Crippen LogP contribution is 2.25. The molecule has 0 fully saturated rings. The average molecular weight is 253 g/mol. The molecule has 1 atom stereocenters. The van der Waals surface area contributed by atoms with E-state index in [1.165, 1.54) is 25.1 Å². The molecule has 6 nitrogen and oxygen atoms in total. The Hall–Kier alpha value is -2.24. The number of phenols is 2. The average Bonchev–Trinajstić information content (AvgIpc) is 2.28. The van der Waals surface area contributed by atoms with Crippen molar-refractivity contribution in [3.05, 3.63) is 23.8 Å². The molecule has 0 heterocycles. The van der Waals surface area contributed by atoms with Gasteiger partial charge in [-0.05, 0) is 18.6 Å². The van der Waals surface area contributed by atoms with Crippen molar-refractivity contribution < 1.29 is 24.9 Å². The first-order valence-electron chi connectivity index (χ1n) is 5.45. The Kier molecular flexibility index (Phi) is 4.53. The largest absolute Gasteiger partial charge is 0.507 e. The summed E-state index contributed by atoms with van der Waals surface area (Å²) in [7, 11) is 0. The molecule has 1 aromatic rings. The maximum Gasteiger partial charge on any atom is 0.306 e. The van der Waals surface area contributed by atoms with Gasteiger partial charge in [-0.2, -0.15) is 0 Å². The SMILES string of the molecule is CC(CCNC(=O)c1c(O)cccc1O)C(=O)O. The topological polar surface area (TPSA) is 107 Å². The number of aliphatic carboxylic acids is 1. The second-order valence-corrected chi connectivity index (χ2v) is 3.96. The van der Waals surface area contributed by atoms with Gasteiger partial charge in [0.15, 0.2) is 0 Å². The molecule has 98 valence electrons. The van der Waals surface area contributed by atoms with Gasteiger partial charge < -0.3 is 20.6 Å². The van der Waals surface area contributed by atoms with E-state index in [-0.39, 0.29) is 30.0 Å². The van der Waals surface area contributed by atoms with Crippen LogP contribution in [0.2, 0.25) is 0 Å². The van der Waals surface area contributed by atoms with E-state index in [0.29, 0.717) is 0 Å². The number of carboxylic acid groups (broad SMARTS) is 1. The summed E-state index contributed by atoms with van der Waals surface area (Å²) in [5, 5.41) is 30.0. The van der Waals surface area contributed by atoms with E-state index in [1.54, 1.807) is 0 Å². The first kappa shape index (κ1) is 13.8. The molecular formula is C12H15NO5. The number of rotatable bonds is 5. The summed E-state index contributed by atoms with van der Waals surface area (Å²) in [5.74, 6) is -2.78. The van der Waals surface area contributed by atoms with Gasteiger partial charge in [-0.1, -0.05) is 13.0 Å². The van der Waals surface area contributed by atoms with E-state index in [4.69, 9.17) is 5.11 Å². The molecule has 1 amide bonds. The van der Waals surface area contributed by atoms with Gasteiger partial charge in [0.05, 0.1) is 5.92 Å². The smallest absolute Gasteiger partial charge is 0.306 e. The van der Waals surface area contributed by atoms with Gasteiger partial charge >= 0.3 is 5.97 Å². The van der Waals surface area contributed by atoms with Crippen LogP contribution in [0.15, 0.2) is 18.2 Å². The predicted molar refractivity (Wildman–Crippen MR) is 63.5 cm³/mol. The molecule has 0 bridgehead atoms. The Morgan fingerprint density at radius 1 is 1.28 bits per heavy atom. The highest BCUT2D eigenvalue weighted by Gasteiger charge is 2.16. The fraction of sp³-hybridized carbons (Fsp3) is 0.333. The van der Waals surface area contributed by atoms with E-state index in [2.05, 4.69) is 5.32 Å². The van der Waals surface area contributed by atoms with Gasteiger partial charge in [0, 0.05) is 6.54 Å². The van der Waals surface area contributed by atoms with Crippen LogP contribution in [-0.2, 0) is 4.79 Å². The molecule has 0 aromatic heterocycles. The number of hydrogen-bond donors (Lipinski definition) is 4. The van der Waals surface area contributed by atoms with Crippen molar-refractivity contribution in [3.8, 4) is 11.5 Å². The van der Waals surface area contributed by atoms with Gasteiger partial charge in [-0.15, -0.1) is 0 Å². The molecule has 1 unspecified atom stereocenters. The number of carboxylic acids is 1. The molecule has 1 aromatic carbocycles. The molecule has 0 saturated carbocycles. The van der Waals surface area contributed by atoms with Gasteiger partial charge in [0.2, 0.25) is 0 Å². The van der Waals surface area contributed by atoms with E-state index < -0.39 is 17.8 Å². The van der Waals surface area contributed by atoms with Crippen LogP contribution in [0.4, 0.5) is 0 Å². The van der Waals surface area contributed by atoms with Crippen molar-refractivity contribution in [2.24, 2.45) is 5.92 Å². The summed E-state index contributed by atoms with van der Waals surface area (Å²) in [6.45, 7) is 1.69. The number of phenolic OH excluding ortho intramolecular Hbond substituents is 2. The number of amides is 1. The lowest BCUT2D eigenvalue weighted by Crippen LogP contribution is -2.27. The zero-order chi connectivity index (χ0) is 13.7. The van der Waals surface area contributed by atoms with Crippen LogP contribution in [0.3, 0.4) is 0 Å². The molecule has 6 heteroatoms. The van der Waals surface area contributed by atoms with E-state index in [9.17, 15) is 19.8 Å². The quantitative estimate of drug-likeness (QED) is 0.624. The Bertz CT molecular complexity index is 438. The van der Waals surface area contributed by atoms with Gasteiger partial charge in [0.25, 0.3) is 5.91 Å². The lowest BCUT2D eigenvalue weighted by atomic mass is 10.1. The highest BCUT2D eigenvalue weighted by molar-refractivity contribution is 5.99. The Balaban J connectivity index is 2.59. The minimum atomic E-state index is -0.936. The van der Waals surface area contributed by atoms with Crippen molar-refractivity contribution in [1.82, 2.24) is 5.32 Å². The molecule has 0 spiro atoms. The molecule has 0 aliphatic carbocycles. The normalized spacial score (nSPS) is 11.8. The Morgan fingerprint density at radius 3 is 2.33 bits per heavy atom. The van der Waals surface area contributed by atoms with E-state index in [0.717, 1.165) is 0 Å². The van der Waals surface area contributed by atoms with Crippen LogP contribution in [0.25, 0.3) is 0 Å². The number of aromatic hydroxyl groups is 2. The van der Waals surface area contributed by atoms with Crippen LogP contribution < -0.4 is 5.32 Å². The minimum absolute atomic E-state index is 0.153. The third-order valence-electron chi connectivity index (χ3n) is 2.53. The summed E-state index contributed by atoms with van der Waals surface area (Å²) in [5.41, 5.74) is -0.208. The van der Waals surface area contributed by atoms with Crippen LogP contribution in [-0.4, -0.2) is 33.7 Å². The van der Waals surface area contributed by atoms with E-state index in [1.807, 2.05) is 0 Å². The summed E-state index contributed by atoms with van der Waals surface area (Å²) in [4.78, 5) is 22.2. The maximum atomic E-state index is 11.7. The molecule has 18 heavy (non-hydrogen) atoms. The standard InChI is InChI=1S/C12H15NO5/c1-7(12(17)18)5-6-13-11(16)10-8(14)3-2-4-9(10)15/h2-4,7,14-15H,5-6H2,1H3,(H,13,16)(H,17,18). The van der Waals surface area contributed by atoms with Crippen molar-refractivity contribution in [1.29, 1.82) is 0 Å². The van der Waals surface area contributed by atoms with Gasteiger partial charge in [-0.25, -0.2) is 0 Å².